The molecule has 4 heteroatoms. The largest absolute Gasteiger partial charge is 0.322 e. The number of amides is 1. The molecule has 3 nitrogen and oxygen atoms in total. The minimum Gasteiger partial charge on any atom is -0.322 e. The molecule has 0 bridgehead atoms. The fourth-order valence-corrected chi connectivity index (χ4v) is 4.34. The first-order valence-corrected chi connectivity index (χ1v) is 11.2. The van der Waals surface area contributed by atoms with E-state index in [0.717, 1.165) is 18.0 Å². The Balaban J connectivity index is 1.66. The van der Waals surface area contributed by atoms with Crippen LogP contribution in [0.25, 0.3) is 0 Å². The summed E-state index contributed by atoms with van der Waals surface area (Å²) in [5, 5.41) is 3.12. The zero-order valence-corrected chi connectivity index (χ0v) is 17.2. The quantitative estimate of drug-likeness (QED) is 0.680. The van der Waals surface area contributed by atoms with Crippen molar-refractivity contribution in [2.24, 2.45) is 0 Å². The molecule has 0 aromatic heterocycles. The maximum Gasteiger partial charge on any atom is 0.255 e. The summed E-state index contributed by atoms with van der Waals surface area (Å²) in [4.78, 5) is 15.1. The Bertz CT molecular complexity index is 738. The summed E-state index contributed by atoms with van der Waals surface area (Å²) >= 11 is 1.79. The Morgan fingerprint density at radius 1 is 1.07 bits per heavy atom. The van der Waals surface area contributed by atoms with Crippen molar-refractivity contribution in [2.75, 3.05) is 18.6 Å². The highest BCUT2D eigenvalue weighted by atomic mass is 32.2. The maximum atomic E-state index is 12.7. The van der Waals surface area contributed by atoms with E-state index in [1.54, 1.807) is 11.8 Å². The van der Waals surface area contributed by atoms with Crippen molar-refractivity contribution in [3.05, 3.63) is 65.2 Å². The average Bonchev–Trinajstić information content (AvgIpc) is 2.71. The third-order valence-electron chi connectivity index (χ3n) is 5.41. The van der Waals surface area contributed by atoms with Gasteiger partial charge in [-0.3, -0.25) is 9.69 Å². The Labute approximate surface area is 167 Å². The summed E-state index contributed by atoms with van der Waals surface area (Å²) < 4.78 is 0. The number of hydrogen-bond acceptors (Lipinski definition) is 3. The highest BCUT2D eigenvalue weighted by molar-refractivity contribution is 7.97. The van der Waals surface area contributed by atoms with Crippen LogP contribution in [-0.2, 0) is 12.3 Å². The topological polar surface area (TPSA) is 32.3 Å². The van der Waals surface area contributed by atoms with Crippen LogP contribution in [0, 0.1) is 0 Å². The fourth-order valence-electron chi connectivity index (χ4n) is 3.81. The number of benzene rings is 2. The molecule has 3 rings (SSSR count). The predicted molar refractivity (Wildman–Crippen MR) is 116 cm³/mol. The van der Waals surface area contributed by atoms with Crippen molar-refractivity contribution in [3.8, 4) is 0 Å². The van der Waals surface area contributed by atoms with E-state index in [9.17, 15) is 4.79 Å². The van der Waals surface area contributed by atoms with Crippen LogP contribution in [0.1, 0.15) is 53.6 Å². The average molecular weight is 383 g/mol. The Kier molecular flexibility index (Phi) is 7.36. The molecule has 2 aromatic rings. The number of carbonyl (C=O) groups excluding carboxylic acids is 1. The molecule has 0 spiro atoms. The van der Waals surface area contributed by atoms with Crippen LogP contribution in [0.5, 0.6) is 0 Å². The number of nitrogens with zero attached hydrogens (tertiary/aromatic N) is 1. The van der Waals surface area contributed by atoms with Gasteiger partial charge in [0.15, 0.2) is 0 Å². The van der Waals surface area contributed by atoms with Crippen molar-refractivity contribution < 1.29 is 4.79 Å². The predicted octanol–water partition coefficient (Wildman–Crippen LogP) is 5.57. The van der Waals surface area contributed by atoms with Crippen LogP contribution in [0.2, 0.25) is 0 Å². The zero-order valence-electron chi connectivity index (χ0n) is 16.4. The molecule has 1 amide bonds. The lowest BCUT2D eigenvalue weighted by atomic mass is 9.94. The first-order valence-electron chi connectivity index (χ1n) is 9.85. The summed E-state index contributed by atoms with van der Waals surface area (Å²) in [6, 6.07) is 16.7. The molecule has 144 valence electrons. The highest BCUT2D eigenvalue weighted by Crippen LogP contribution is 2.25. The van der Waals surface area contributed by atoms with Gasteiger partial charge in [-0.05, 0) is 55.5 Å². The van der Waals surface area contributed by atoms with Gasteiger partial charge in [-0.1, -0.05) is 49.6 Å². The lowest BCUT2D eigenvalue weighted by molar-refractivity contribution is 0.102. The molecule has 1 aliphatic rings. The van der Waals surface area contributed by atoms with E-state index >= 15 is 0 Å². The summed E-state index contributed by atoms with van der Waals surface area (Å²) in [5.74, 6) is 0.927. The maximum absolute atomic E-state index is 12.7. The third-order valence-corrected chi connectivity index (χ3v) is 6.03. The molecule has 0 heterocycles. The molecule has 0 aliphatic heterocycles. The van der Waals surface area contributed by atoms with Crippen molar-refractivity contribution in [3.63, 3.8) is 0 Å². The fraction of sp³-hybridized carbons (Fsp3) is 0.435. The molecule has 1 aliphatic carbocycles. The second-order valence-corrected chi connectivity index (χ2v) is 8.31. The first-order chi connectivity index (χ1) is 13.2. The minimum atomic E-state index is -0.0431. The Morgan fingerprint density at radius 3 is 2.48 bits per heavy atom. The second-order valence-electron chi connectivity index (χ2n) is 7.45. The van der Waals surface area contributed by atoms with Crippen LogP contribution in [0.3, 0.4) is 0 Å². The summed E-state index contributed by atoms with van der Waals surface area (Å²) in [6.07, 6.45) is 8.69. The van der Waals surface area contributed by atoms with Gasteiger partial charge in [-0.2, -0.15) is 11.8 Å². The van der Waals surface area contributed by atoms with Gasteiger partial charge < -0.3 is 5.32 Å². The number of nitrogens with one attached hydrogen (secondary N) is 1. The zero-order chi connectivity index (χ0) is 19.1. The van der Waals surface area contributed by atoms with Gasteiger partial charge in [-0.15, -0.1) is 0 Å². The van der Waals surface area contributed by atoms with E-state index in [2.05, 4.69) is 35.7 Å². The molecular weight excluding hydrogens is 352 g/mol. The van der Waals surface area contributed by atoms with Crippen LogP contribution in [0.15, 0.2) is 48.5 Å². The molecule has 1 fully saturated rings. The van der Waals surface area contributed by atoms with Gasteiger partial charge in [0.25, 0.3) is 5.91 Å². The molecule has 2 aromatic carbocycles. The van der Waals surface area contributed by atoms with Gasteiger partial charge in [0, 0.05) is 29.6 Å². The number of para-hydroxylation sites is 1. The van der Waals surface area contributed by atoms with Gasteiger partial charge in [0.1, 0.15) is 0 Å². The lowest BCUT2D eigenvalue weighted by Gasteiger charge is -2.31. The summed E-state index contributed by atoms with van der Waals surface area (Å²) in [7, 11) is 2.21. The number of rotatable bonds is 7. The van der Waals surface area contributed by atoms with Crippen LogP contribution in [0.4, 0.5) is 5.69 Å². The van der Waals surface area contributed by atoms with Crippen molar-refractivity contribution in [1.82, 2.24) is 4.90 Å². The van der Waals surface area contributed by atoms with Crippen molar-refractivity contribution >= 4 is 23.4 Å². The van der Waals surface area contributed by atoms with Crippen LogP contribution < -0.4 is 5.32 Å². The SMILES string of the molecule is CSCc1ccc(C(=O)Nc2ccccc2CN(C)C2CCCCC2)cc1. The van der Waals surface area contributed by atoms with Crippen molar-refractivity contribution in [1.29, 1.82) is 0 Å². The number of hydrogen-bond donors (Lipinski definition) is 1. The normalized spacial score (nSPS) is 15.1. The number of anilines is 1. The molecule has 0 atom stereocenters. The molecule has 1 N–H and O–H groups in total. The highest BCUT2D eigenvalue weighted by Gasteiger charge is 2.19. The number of carbonyl (C=O) groups is 1. The van der Waals surface area contributed by atoms with Crippen molar-refractivity contribution in [2.45, 2.75) is 50.4 Å². The molecule has 1 saturated carbocycles. The summed E-state index contributed by atoms with van der Waals surface area (Å²) in [6.45, 7) is 0.869. The standard InChI is InChI=1S/C23H30N2OS/c1-25(21-9-4-3-5-10-21)16-20-8-6-7-11-22(20)24-23(26)19-14-12-18(13-15-19)17-27-2/h6-8,11-15,21H,3-5,9-10,16-17H2,1-2H3,(H,24,26). The van der Waals surface area contributed by atoms with Gasteiger partial charge >= 0.3 is 0 Å². The van der Waals surface area contributed by atoms with Gasteiger partial charge in [0.05, 0.1) is 0 Å². The van der Waals surface area contributed by atoms with Crippen LogP contribution >= 0.6 is 11.8 Å². The third kappa shape index (κ3) is 5.60. The van der Waals surface area contributed by atoms with Gasteiger partial charge in [-0.25, -0.2) is 0 Å². The van der Waals surface area contributed by atoms with Crippen LogP contribution in [-0.4, -0.2) is 30.2 Å². The lowest BCUT2D eigenvalue weighted by Crippen LogP contribution is -2.33. The van der Waals surface area contributed by atoms with E-state index < -0.39 is 0 Å². The first kappa shape index (κ1) is 20.0. The Hall–Kier alpha value is -1.78. The number of thioether (sulfide) groups is 1. The molecule has 27 heavy (non-hydrogen) atoms. The Morgan fingerprint density at radius 2 is 1.78 bits per heavy atom. The molecule has 0 radical (unpaired) electrons. The summed E-state index contributed by atoms with van der Waals surface area (Å²) in [5.41, 5.74) is 4.04. The van der Waals surface area contributed by atoms with E-state index in [0.29, 0.717) is 11.6 Å². The van der Waals surface area contributed by atoms with E-state index in [1.165, 1.54) is 43.2 Å². The molecule has 0 saturated heterocycles. The van der Waals surface area contributed by atoms with E-state index in [4.69, 9.17) is 0 Å². The minimum absolute atomic E-state index is 0.0431. The molecule has 0 unspecified atom stereocenters. The second kappa shape index (κ2) is 9.95. The van der Waals surface area contributed by atoms with Gasteiger partial charge in [0.2, 0.25) is 0 Å². The molecular formula is C23H30N2OS. The monoisotopic (exact) mass is 382 g/mol. The van der Waals surface area contributed by atoms with E-state index in [-0.39, 0.29) is 5.91 Å². The van der Waals surface area contributed by atoms with E-state index in [1.807, 2.05) is 36.4 Å². The smallest absolute Gasteiger partial charge is 0.255 e.